The van der Waals surface area contributed by atoms with Gasteiger partial charge in [-0.05, 0) is 24.1 Å². The molecule has 2 heterocycles. The number of halogens is 2. The van der Waals surface area contributed by atoms with Gasteiger partial charge < -0.3 is 10.4 Å². The Morgan fingerprint density at radius 2 is 2.24 bits per heavy atom. The molecule has 1 aliphatic heterocycles. The number of benzene rings is 1. The fourth-order valence-electron chi connectivity index (χ4n) is 2.52. The minimum atomic E-state index is -0.948. The molecule has 0 unspecified atom stereocenters. The summed E-state index contributed by atoms with van der Waals surface area (Å²) in [4.78, 5) is 4.15. The summed E-state index contributed by atoms with van der Waals surface area (Å²) in [6, 6.07) is 3.62. The highest BCUT2D eigenvalue weighted by Gasteiger charge is 2.20. The Morgan fingerprint density at radius 1 is 1.38 bits per heavy atom. The maximum Gasteiger partial charge on any atom is 0.159 e. The van der Waals surface area contributed by atoms with E-state index in [1.807, 2.05) is 4.68 Å². The minimum Gasteiger partial charge on any atom is -0.387 e. The molecule has 1 aromatic heterocycles. The van der Waals surface area contributed by atoms with E-state index < -0.39 is 17.7 Å². The molecule has 1 aliphatic rings. The average molecular weight is 294 g/mol. The summed E-state index contributed by atoms with van der Waals surface area (Å²) in [7, 11) is 0. The Morgan fingerprint density at radius 3 is 3.05 bits per heavy atom. The number of fused-ring (bicyclic) bond motifs is 1. The summed E-state index contributed by atoms with van der Waals surface area (Å²) < 4.78 is 27.8. The summed E-state index contributed by atoms with van der Waals surface area (Å²) >= 11 is 0. The Balaban J connectivity index is 1.56. The molecular weight excluding hydrogens is 278 g/mol. The van der Waals surface area contributed by atoms with E-state index in [1.165, 1.54) is 12.4 Å². The standard InChI is InChI=1S/C14H16F2N4O/c15-11-3-1-9(5-12(11)16)13(21)6-17-10-2-4-14-18-8-19-20(14)7-10/h1,3,5,8,10,13,17,21H,2,4,6-7H2/t10-,13-/m0/s1. The molecule has 0 fully saturated rings. The molecule has 0 saturated heterocycles. The van der Waals surface area contributed by atoms with Crippen molar-refractivity contribution in [2.45, 2.75) is 31.5 Å². The summed E-state index contributed by atoms with van der Waals surface area (Å²) in [5.41, 5.74) is 0.360. The first-order chi connectivity index (χ1) is 10.1. The molecule has 0 amide bonds. The maximum absolute atomic E-state index is 13.1. The summed E-state index contributed by atoms with van der Waals surface area (Å²) in [5.74, 6) is -0.893. The molecule has 1 aromatic carbocycles. The van der Waals surface area contributed by atoms with Crippen molar-refractivity contribution in [3.05, 3.63) is 47.5 Å². The van der Waals surface area contributed by atoms with Gasteiger partial charge in [0.15, 0.2) is 11.6 Å². The topological polar surface area (TPSA) is 63.0 Å². The number of hydrogen-bond acceptors (Lipinski definition) is 4. The van der Waals surface area contributed by atoms with Crippen LogP contribution in [0.4, 0.5) is 8.78 Å². The van der Waals surface area contributed by atoms with Crippen LogP contribution < -0.4 is 5.32 Å². The van der Waals surface area contributed by atoms with E-state index in [1.54, 1.807) is 0 Å². The number of nitrogens with zero attached hydrogens (tertiary/aromatic N) is 3. The van der Waals surface area contributed by atoms with Crippen LogP contribution in [-0.4, -0.2) is 32.5 Å². The normalized spacial score (nSPS) is 19.3. The molecule has 5 nitrogen and oxygen atoms in total. The number of hydrogen-bond donors (Lipinski definition) is 2. The van der Waals surface area contributed by atoms with Crippen molar-refractivity contribution in [3.63, 3.8) is 0 Å². The Kier molecular flexibility index (Phi) is 3.94. The molecule has 0 spiro atoms. The van der Waals surface area contributed by atoms with Gasteiger partial charge in [0.1, 0.15) is 12.2 Å². The van der Waals surface area contributed by atoms with Crippen molar-refractivity contribution in [3.8, 4) is 0 Å². The zero-order valence-electron chi connectivity index (χ0n) is 11.3. The lowest BCUT2D eigenvalue weighted by Crippen LogP contribution is -2.39. The van der Waals surface area contributed by atoms with Crippen LogP contribution in [0.25, 0.3) is 0 Å². The second-order valence-corrected chi connectivity index (χ2v) is 5.19. The number of nitrogens with one attached hydrogen (secondary N) is 1. The molecular formula is C14H16F2N4O. The van der Waals surface area contributed by atoms with E-state index >= 15 is 0 Å². The van der Waals surface area contributed by atoms with E-state index in [9.17, 15) is 13.9 Å². The Bertz CT molecular complexity index is 631. The van der Waals surface area contributed by atoms with Gasteiger partial charge in [0.2, 0.25) is 0 Å². The van der Waals surface area contributed by atoms with Crippen molar-refractivity contribution in [2.24, 2.45) is 0 Å². The number of aromatic nitrogens is 3. The van der Waals surface area contributed by atoms with Crippen molar-refractivity contribution in [2.75, 3.05) is 6.54 Å². The van der Waals surface area contributed by atoms with Gasteiger partial charge in [0.05, 0.1) is 12.6 Å². The second-order valence-electron chi connectivity index (χ2n) is 5.19. The van der Waals surface area contributed by atoms with E-state index in [2.05, 4.69) is 15.4 Å². The third-order valence-electron chi connectivity index (χ3n) is 3.73. The molecule has 112 valence electrons. The molecule has 0 radical (unpaired) electrons. The molecule has 0 bridgehead atoms. The molecule has 2 aromatic rings. The lowest BCUT2D eigenvalue weighted by Gasteiger charge is -2.25. The van der Waals surface area contributed by atoms with Gasteiger partial charge in [-0.25, -0.2) is 18.4 Å². The number of aliphatic hydroxyl groups is 1. The first-order valence-electron chi connectivity index (χ1n) is 6.86. The van der Waals surface area contributed by atoms with Gasteiger partial charge in [-0.1, -0.05) is 6.07 Å². The van der Waals surface area contributed by atoms with Crippen LogP contribution in [0.2, 0.25) is 0 Å². The Hall–Kier alpha value is -1.86. The summed E-state index contributed by atoms with van der Waals surface area (Å²) in [6.45, 7) is 0.972. The second kappa shape index (κ2) is 5.87. The average Bonchev–Trinajstić information content (AvgIpc) is 2.95. The lowest BCUT2D eigenvalue weighted by molar-refractivity contribution is 0.164. The predicted molar refractivity (Wildman–Crippen MR) is 71.5 cm³/mol. The third kappa shape index (κ3) is 3.08. The summed E-state index contributed by atoms with van der Waals surface area (Å²) in [6.07, 6.45) is 2.40. The van der Waals surface area contributed by atoms with Gasteiger partial charge in [-0.15, -0.1) is 0 Å². The quantitative estimate of drug-likeness (QED) is 0.889. The highest BCUT2D eigenvalue weighted by atomic mass is 19.2. The monoisotopic (exact) mass is 294 g/mol. The molecule has 0 aliphatic carbocycles. The molecule has 0 saturated carbocycles. The fourth-order valence-corrected chi connectivity index (χ4v) is 2.52. The van der Waals surface area contributed by atoms with Crippen molar-refractivity contribution in [1.82, 2.24) is 20.1 Å². The van der Waals surface area contributed by atoms with Crippen LogP contribution in [0.3, 0.4) is 0 Å². The molecule has 2 atom stereocenters. The third-order valence-corrected chi connectivity index (χ3v) is 3.73. The number of aryl methyl sites for hydroxylation is 1. The smallest absolute Gasteiger partial charge is 0.159 e. The number of aliphatic hydroxyl groups excluding tert-OH is 1. The molecule has 21 heavy (non-hydrogen) atoms. The highest BCUT2D eigenvalue weighted by Crippen LogP contribution is 2.17. The molecule has 3 rings (SSSR count). The van der Waals surface area contributed by atoms with Crippen molar-refractivity contribution in [1.29, 1.82) is 0 Å². The van der Waals surface area contributed by atoms with Gasteiger partial charge in [-0.2, -0.15) is 5.10 Å². The lowest BCUT2D eigenvalue weighted by atomic mass is 10.1. The van der Waals surface area contributed by atoms with Crippen LogP contribution in [0.15, 0.2) is 24.5 Å². The molecule has 2 N–H and O–H groups in total. The zero-order chi connectivity index (χ0) is 14.8. The fraction of sp³-hybridized carbons (Fsp3) is 0.429. The van der Waals surface area contributed by atoms with Gasteiger partial charge >= 0.3 is 0 Å². The van der Waals surface area contributed by atoms with Gasteiger partial charge in [-0.3, -0.25) is 0 Å². The van der Waals surface area contributed by atoms with Crippen LogP contribution in [0.5, 0.6) is 0 Å². The van der Waals surface area contributed by atoms with Gasteiger partial charge in [0.25, 0.3) is 0 Å². The summed E-state index contributed by atoms with van der Waals surface area (Å²) in [5, 5.41) is 17.4. The SMILES string of the molecule is O[C@@H](CN[C@H]1CCc2ncnn2C1)c1ccc(F)c(F)c1. The Labute approximate surface area is 120 Å². The predicted octanol–water partition coefficient (Wildman–Crippen LogP) is 1.19. The van der Waals surface area contributed by atoms with Crippen molar-refractivity contribution >= 4 is 0 Å². The van der Waals surface area contributed by atoms with E-state index in [4.69, 9.17) is 0 Å². The van der Waals surface area contributed by atoms with Crippen LogP contribution in [-0.2, 0) is 13.0 Å². The van der Waals surface area contributed by atoms with Crippen LogP contribution in [0.1, 0.15) is 23.9 Å². The van der Waals surface area contributed by atoms with E-state index in [0.717, 1.165) is 30.8 Å². The zero-order valence-corrected chi connectivity index (χ0v) is 11.3. The number of rotatable bonds is 4. The van der Waals surface area contributed by atoms with Crippen LogP contribution >= 0.6 is 0 Å². The minimum absolute atomic E-state index is 0.180. The van der Waals surface area contributed by atoms with Crippen LogP contribution in [0, 0.1) is 11.6 Å². The largest absolute Gasteiger partial charge is 0.387 e. The first-order valence-corrected chi connectivity index (χ1v) is 6.86. The molecule has 7 heteroatoms. The van der Waals surface area contributed by atoms with E-state index in [0.29, 0.717) is 12.1 Å². The van der Waals surface area contributed by atoms with Gasteiger partial charge in [0, 0.05) is 19.0 Å². The van der Waals surface area contributed by atoms with E-state index in [-0.39, 0.29) is 12.6 Å². The first kappa shape index (κ1) is 14.1. The maximum atomic E-state index is 13.1. The van der Waals surface area contributed by atoms with Crippen molar-refractivity contribution < 1.29 is 13.9 Å². The highest BCUT2D eigenvalue weighted by molar-refractivity contribution is 5.20.